The van der Waals surface area contributed by atoms with Gasteiger partial charge in [0, 0.05) is 31.1 Å². The van der Waals surface area contributed by atoms with Crippen LogP contribution in [0.4, 0.5) is 0 Å². The summed E-state index contributed by atoms with van der Waals surface area (Å²) in [6.45, 7) is 7.31. The Kier molecular flexibility index (Phi) is 5.58. The van der Waals surface area contributed by atoms with Crippen molar-refractivity contribution < 1.29 is 4.79 Å². The summed E-state index contributed by atoms with van der Waals surface area (Å²) in [6, 6.07) is -0.397. The largest absolute Gasteiger partial charge is 0.341 e. The molecule has 96 valence electrons. The summed E-state index contributed by atoms with van der Waals surface area (Å²) in [5.41, 5.74) is 5.88. The summed E-state index contributed by atoms with van der Waals surface area (Å²) in [7, 11) is 0. The molecule has 1 atom stereocenters. The fourth-order valence-corrected chi connectivity index (χ4v) is 2.14. The van der Waals surface area contributed by atoms with Crippen molar-refractivity contribution in [1.82, 2.24) is 9.88 Å². The van der Waals surface area contributed by atoms with Crippen LogP contribution in [0.2, 0.25) is 0 Å². The average molecular weight is 255 g/mol. The van der Waals surface area contributed by atoms with Gasteiger partial charge in [-0.25, -0.2) is 4.98 Å². The van der Waals surface area contributed by atoms with Crippen molar-refractivity contribution in [2.75, 3.05) is 13.1 Å². The van der Waals surface area contributed by atoms with Crippen LogP contribution in [0, 0.1) is 5.92 Å². The van der Waals surface area contributed by atoms with E-state index in [1.54, 1.807) is 17.5 Å². The first kappa shape index (κ1) is 14.1. The Morgan fingerprint density at radius 2 is 2.29 bits per heavy atom. The van der Waals surface area contributed by atoms with Gasteiger partial charge in [-0.05, 0) is 12.8 Å². The number of carbonyl (C=O) groups is 1. The minimum atomic E-state index is -0.397. The summed E-state index contributed by atoms with van der Waals surface area (Å²) in [5, 5.41) is 3.02. The molecule has 1 amide bonds. The molecule has 0 bridgehead atoms. The SMILES string of the molecule is CCN(CCc1nccs1)C(=O)[C@@H](N)C(C)C. The van der Waals surface area contributed by atoms with Gasteiger partial charge in [-0.1, -0.05) is 13.8 Å². The number of nitrogens with zero attached hydrogens (tertiary/aromatic N) is 2. The molecule has 1 rings (SSSR count). The molecule has 1 aromatic heterocycles. The lowest BCUT2D eigenvalue weighted by atomic mass is 10.0. The van der Waals surface area contributed by atoms with E-state index in [-0.39, 0.29) is 11.8 Å². The number of aromatic nitrogens is 1. The van der Waals surface area contributed by atoms with Gasteiger partial charge in [-0.15, -0.1) is 11.3 Å². The van der Waals surface area contributed by atoms with Gasteiger partial charge in [0.05, 0.1) is 11.0 Å². The molecule has 0 unspecified atom stereocenters. The molecular formula is C12H21N3OS. The molecule has 1 aromatic rings. The molecule has 0 spiro atoms. The van der Waals surface area contributed by atoms with Gasteiger partial charge in [0.25, 0.3) is 0 Å². The third-order valence-electron chi connectivity index (χ3n) is 2.78. The molecule has 0 aromatic carbocycles. The van der Waals surface area contributed by atoms with Crippen molar-refractivity contribution >= 4 is 17.2 Å². The Hall–Kier alpha value is -0.940. The molecule has 0 aliphatic carbocycles. The summed E-state index contributed by atoms with van der Waals surface area (Å²) in [5.74, 6) is 0.218. The molecule has 0 fully saturated rings. The standard InChI is InChI=1S/C12H21N3OS/c1-4-15(12(16)11(13)9(2)3)7-5-10-14-6-8-17-10/h6,8-9,11H,4-5,7,13H2,1-3H3/t11-/m0/s1. The maximum atomic E-state index is 12.1. The fraction of sp³-hybridized carbons (Fsp3) is 0.667. The zero-order valence-corrected chi connectivity index (χ0v) is 11.5. The predicted octanol–water partition coefficient (Wildman–Crippen LogP) is 1.52. The van der Waals surface area contributed by atoms with Crippen LogP contribution in [-0.4, -0.2) is 34.9 Å². The molecule has 1 heterocycles. The maximum Gasteiger partial charge on any atom is 0.239 e. The second kappa shape index (κ2) is 6.71. The van der Waals surface area contributed by atoms with E-state index >= 15 is 0 Å². The smallest absolute Gasteiger partial charge is 0.239 e. The van der Waals surface area contributed by atoms with Gasteiger partial charge in [-0.2, -0.15) is 0 Å². The maximum absolute atomic E-state index is 12.1. The molecule has 0 aliphatic rings. The van der Waals surface area contributed by atoms with Crippen LogP contribution in [0.15, 0.2) is 11.6 Å². The van der Waals surface area contributed by atoms with E-state index in [0.717, 1.165) is 11.4 Å². The number of hydrogen-bond donors (Lipinski definition) is 1. The topological polar surface area (TPSA) is 59.2 Å². The summed E-state index contributed by atoms with van der Waals surface area (Å²) in [4.78, 5) is 18.1. The number of nitrogens with two attached hydrogens (primary N) is 1. The van der Waals surface area contributed by atoms with Crippen molar-refractivity contribution in [3.63, 3.8) is 0 Å². The lowest BCUT2D eigenvalue weighted by molar-refractivity contribution is -0.133. The number of amides is 1. The van der Waals surface area contributed by atoms with Crippen molar-refractivity contribution in [1.29, 1.82) is 0 Å². The van der Waals surface area contributed by atoms with Crippen LogP contribution in [-0.2, 0) is 11.2 Å². The van der Waals surface area contributed by atoms with E-state index in [9.17, 15) is 4.79 Å². The number of thiazole rings is 1. The van der Waals surface area contributed by atoms with E-state index in [2.05, 4.69) is 4.98 Å². The highest BCUT2D eigenvalue weighted by Crippen LogP contribution is 2.08. The van der Waals surface area contributed by atoms with Crippen molar-refractivity contribution in [3.8, 4) is 0 Å². The highest BCUT2D eigenvalue weighted by atomic mass is 32.1. The van der Waals surface area contributed by atoms with Crippen LogP contribution < -0.4 is 5.73 Å². The van der Waals surface area contributed by atoms with Crippen molar-refractivity contribution in [3.05, 3.63) is 16.6 Å². The van der Waals surface area contributed by atoms with E-state index < -0.39 is 6.04 Å². The number of rotatable bonds is 6. The molecule has 4 nitrogen and oxygen atoms in total. The van der Waals surface area contributed by atoms with E-state index in [1.165, 1.54) is 0 Å². The normalized spacial score (nSPS) is 12.8. The van der Waals surface area contributed by atoms with Gasteiger partial charge in [-0.3, -0.25) is 4.79 Å². The van der Waals surface area contributed by atoms with Gasteiger partial charge < -0.3 is 10.6 Å². The zero-order valence-electron chi connectivity index (χ0n) is 10.7. The Bertz CT molecular complexity index is 338. The van der Waals surface area contributed by atoms with Gasteiger partial charge in [0.1, 0.15) is 0 Å². The highest BCUT2D eigenvalue weighted by molar-refractivity contribution is 7.09. The zero-order chi connectivity index (χ0) is 12.8. The Labute approximate surface area is 107 Å². The van der Waals surface area contributed by atoms with Gasteiger partial charge in [0.15, 0.2) is 0 Å². The molecule has 0 saturated heterocycles. The fourth-order valence-electron chi connectivity index (χ4n) is 1.53. The Morgan fingerprint density at radius 3 is 2.76 bits per heavy atom. The summed E-state index contributed by atoms with van der Waals surface area (Å²) in [6.07, 6.45) is 2.60. The molecule has 0 saturated carbocycles. The monoisotopic (exact) mass is 255 g/mol. The summed E-state index contributed by atoms with van der Waals surface area (Å²) >= 11 is 1.62. The first-order valence-electron chi connectivity index (χ1n) is 5.99. The number of carbonyl (C=O) groups excluding carboxylic acids is 1. The van der Waals surface area contributed by atoms with Crippen LogP contribution in [0.25, 0.3) is 0 Å². The molecule has 2 N–H and O–H groups in total. The van der Waals surface area contributed by atoms with Crippen LogP contribution >= 0.6 is 11.3 Å². The first-order valence-corrected chi connectivity index (χ1v) is 6.87. The highest BCUT2D eigenvalue weighted by Gasteiger charge is 2.22. The second-order valence-corrected chi connectivity index (χ2v) is 5.34. The molecular weight excluding hydrogens is 234 g/mol. The lowest BCUT2D eigenvalue weighted by Crippen LogP contribution is -2.47. The lowest BCUT2D eigenvalue weighted by Gasteiger charge is -2.25. The van der Waals surface area contributed by atoms with Crippen LogP contribution in [0.5, 0.6) is 0 Å². The Balaban J connectivity index is 2.50. The quantitative estimate of drug-likeness (QED) is 0.838. The second-order valence-electron chi connectivity index (χ2n) is 4.36. The molecule has 0 aliphatic heterocycles. The average Bonchev–Trinajstić information content (AvgIpc) is 2.81. The van der Waals surface area contributed by atoms with Crippen molar-refractivity contribution in [2.24, 2.45) is 11.7 Å². The first-order chi connectivity index (χ1) is 8.06. The summed E-state index contributed by atoms with van der Waals surface area (Å²) < 4.78 is 0. The van der Waals surface area contributed by atoms with E-state index in [4.69, 9.17) is 5.73 Å². The molecule has 0 radical (unpaired) electrons. The van der Waals surface area contributed by atoms with E-state index in [0.29, 0.717) is 13.1 Å². The number of hydrogen-bond acceptors (Lipinski definition) is 4. The van der Waals surface area contributed by atoms with Crippen LogP contribution in [0.1, 0.15) is 25.8 Å². The van der Waals surface area contributed by atoms with E-state index in [1.807, 2.05) is 31.1 Å². The molecule has 5 heteroatoms. The minimum absolute atomic E-state index is 0.0408. The van der Waals surface area contributed by atoms with Gasteiger partial charge in [0.2, 0.25) is 5.91 Å². The third kappa shape index (κ3) is 4.09. The van der Waals surface area contributed by atoms with Gasteiger partial charge >= 0.3 is 0 Å². The molecule has 17 heavy (non-hydrogen) atoms. The Morgan fingerprint density at radius 1 is 1.59 bits per heavy atom. The minimum Gasteiger partial charge on any atom is -0.341 e. The van der Waals surface area contributed by atoms with Crippen molar-refractivity contribution in [2.45, 2.75) is 33.2 Å². The number of likely N-dealkylation sites (N-methyl/N-ethyl adjacent to an activating group) is 1. The third-order valence-corrected chi connectivity index (χ3v) is 3.62. The predicted molar refractivity (Wildman–Crippen MR) is 70.9 cm³/mol. The van der Waals surface area contributed by atoms with Crippen LogP contribution in [0.3, 0.4) is 0 Å².